The number of esters is 3. The fraction of sp³-hybridized carbons (Fsp3) is 0.703. The molecule has 0 aliphatic heterocycles. The summed E-state index contributed by atoms with van der Waals surface area (Å²) in [6.45, 7) is 20.2. The monoisotopic (exact) mass is 1190 g/mol. The SMILES string of the molecule is CCCCCCCCCCCCCCC(=S)OCC(COC(=O)CCc1cc(C2CCCC2)c(O)c(C(C)(C)C)c1)(COC(=O)CCc1cc(C2CCCC2)c(O)c(C(C)(C)C)c1)COC(=O)CCc1cc(C2CCCC2)c(O)c(C(C)(C)C)c1. The van der Waals surface area contributed by atoms with Crippen LogP contribution in [0.2, 0.25) is 0 Å². The molecular weight excluding hydrogens is 1080 g/mol. The molecule has 11 heteroatoms. The van der Waals surface area contributed by atoms with E-state index in [2.05, 4.69) is 87.4 Å². The Morgan fingerprint density at radius 2 is 0.682 bits per heavy atom. The van der Waals surface area contributed by atoms with Gasteiger partial charge in [-0.15, -0.1) is 0 Å². The molecule has 3 fully saturated rings. The lowest BCUT2D eigenvalue weighted by atomic mass is 9.81. The van der Waals surface area contributed by atoms with Crippen LogP contribution in [-0.4, -0.2) is 64.7 Å². The predicted octanol–water partition coefficient (Wildman–Crippen LogP) is 18.9. The fourth-order valence-corrected chi connectivity index (χ4v) is 13.5. The number of carbonyl (C=O) groups excluding carboxylic acids is 3. The third-order valence-corrected chi connectivity index (χ3v) is 19.0. The van der Waals surface area contributed by atoms with Crippen molar-refractivity contribution in [3.8, 4) is 17.2 Å². The van der Waals surface area contributed by atoms with Gasteiger partial charge in [0.2, 0.25) is 0 Å². The van der Waals surface area contributed by atoms with E-state index in [1.165, 1.54) is 57.8 Å². The highest BCUT2D eigenvalue weighted by Gasteiger charge is 2.38. The number of hydrogen-bond donors (Lipinski definition) is 3. The Hall–Kier alpha value is -4.64. The fourth-order valence-electron chi connectivity index (χ4n) is 13.3. The molecular formula is C74H112O10S. The molecule has 3 aromatic rings. The zero-order valence-electron chi connectivity index (χ0n) is 54.6. The largest absolute Gasteiger partial charge is 0.507 e. The lowest BCUT2D eigenvalue weighted by Gasteiger charge is -2.32. The van der Waals surface area contributed by atoms with Gasteiger partial charge in [0.05, 0.1) is 0 Å². The maximum atomic E-state index is 14.1. The van der Waals surface area contributed by atoms with Crippen molar-refractivity contribution in [3.05, 3.63) is 86.5 Å². The molecule has 0 spiro atoms. The Kier molecular flexibility index (Phi) is 27.0. The van der Waals surface area contributed by atoms with Crippen LogP contribution in [0.15, 0.2) is 36.4 Å². The molecule has 3 aliphatic rings. The first-order valence-corrected chi connectivity index (χ1v) is 34.0. The number of rotatable bonds is 33. The first kappa shape index (κ1) is 69.5. The Balaban J connectivity index is 1.21. The Labute approximate surface area is 519 Å². The van der Waals surface area contributed by atoms with Gasteiger partial charge in [0.15, 0.2) is 5.05 Å². The van der Waals surface area contributed by atoms with Crippen molar-refractivity contribution in [2.75, 3.05) is 26.4 Å². The first-order valence-electron chi connectivity index (χ1n) is 33.6. The van der Waals surface area contributed by atoms with Gasteiger partial charge in [0.1, 0.15) is 49.1 Å². The molecule has 10 nitrogen and oxygen atoms in total. The summed E-state index contributed by atoms with van der Waals surface area (Å²) in [6, 6.07) is 12.3. The number of unbranched alkanes of at least 4 members (excludes halogenated alkanes) is 11. The summed E-state index contributed by atoms with van der Waals surface area (Å²) in [7, 11) is 0. The number of thiocarbonyl (C=S) groups is 1. The molecule has 0 amide bonds. The van der Waals surface area contributed by atoms with E-state index in [4.69, 9.17) is 31.2 Å². The van der Waals surface area contributed by atoms with Gasteiger partial charge in [0.25, 0.3) is 0 Å². The Morgan fingerprint density at radius 1 is 0.412 bits per heavy atom. The Morgan fingerprint density at radius 3 is 0.965 bits per heavy atom. The van der Waals surface area contributed by atoms with Gasteiger partial charge in [-0.2, -0.15) is 0 Å². The topological polar surface area (TPSA) is 149 Å². The van der Waals surface area contributed by atoms with Crippen LogP contribution in [0.1, 0.15) is 317 Å². The van der Waals surface area contributed by atoms with E-state index in [0.29, 0.717) is 48.0 Å². The molecule has 0 unspecified atom stereocenters. The second-order valence-electron chi connectivity index (χ2n) is 29.2. The van der Waals surface area contributed by atoms with Crippen molar-refractivity contribution in [2.24, 2.45) is 5.41 Å². The van der Waals surface area contributed by atoms with Gasteiger partial charge >= 0.3 is 17.9 Å². The third kappa shape index (κ3) is 21.9. The summed E-state index contributed by atoms with van der Waals surface area (Å²) >= 11 is 5.88. The van der Waals surface area contributed by atoms with Crippen LogP contribution in [0, 0.1) is 5.41 Å². The molecule has 3 aromatic carbocycles. The number of hydrogen-bond acceptors (Lipinski definition) is 11. The lowest BCUT2D eigenvalue weighted by Crippen LogP contribution is -2.44. The molecule has 0 heterocycles. The average Bonchev–Trinajstić information content (AvgIpc) is 3.45. The van der Waals surface area contributed by atoms with Crippen LogP contribution >= 0.6 is 12.2 Å². The molecule has 6 rings (SSSR count). The van der Waals surface area contributed by atoms with Gasteiger partial charge in [-0.05, 0) is 160 Å². The summed E-state index contributed by atoms with van der Waals surface area (Å²) < 4.78 is 25.1. The van der Waals surface area contributed by atoms with E-state index >= 15 is 0 Å². The van der Waals surface area contributed by atoms with Crippen LogP contribution in [0.5, 0.6) is 17.2 Å². The first-order chi connectivity index (χ1) is 40.4. The number of carbonyl (C=O) groups is 3. The second kappa shape index (κ2) is 33.1. The molecule has 0 aromatic heterocycles. The van der Waals surface area contributed by atoms with Gasteiger partial charge < -0.3 is 34.3 Å². The van der Waals surface area contributed by atoms with Crippen molar-refractivity contribution in [1.82, 2.24) is 0 Å². The molecule has 0 saturated heterocycles. The predicted molar refractivity (Wildman–Crippen MR) is 349 cm³/mol. The molecule has 3 saturated carbocycles. The van der Waals surface area contributed by atoms with Crippen LogP contribution in [0.3, 0.4) is 0 Å². The highest BCUT2D eigenvalue weighted by atomic mass is 32.1. The highest BCUT2D eigenvalue weighted by molar-refractivity contribution is 7.80. The summed E-state index contributed by atoms with van der Waals surface area (Å²) in [5.41, 5.74) is 6.07. The van der Waals surface area contributed by atoms with E-state index in [1.807, 2.05) is 18.2 Å². The number of aryl methyl sites for hydroxylation is 3. The number of ether oxygens (including phenoxy) is 4. The zero-order chi connectivity index (χ0) is 61.8. The van der Waals surface area contributed by atoms with Crippen LogP contribution in [0.4, 0.5) is 0 Å². The molecule has 85 heavy (non-hydrogen) atoms. The summed E-state index contributed by atoms with van der Waals surface area (Å²) in [5, 5.41) is 35.0. The maximum absolute atomic E-state index is 14.1. The number of phenolic OH excluding ortho intramolecular Hbond substituents is 3. The van der Waals surface area contributed by atoms with Crippen molar-refractivity contribution in [1.29, 1.82) is 0 Å². The third-order valence-electron chi connectivity index (χ3n) is 18.7. The van der Waals surface area contributed by atoms with Gasteiger partial charge in [-0.25, -0.2) is 0 Å². The molecule has 474 valence electrons. The smallest absolute Gasteiger partial charge is 0.306 e. The van der Waals surface area contributed by atoms with Crippen molar-refractivity contribution in [2.45, 2.75) is 302 Å². The zero-order valence-corrected chi connectivity index (χ0v) is 55.4. The number of aromatic hydroxyl groups is 3. The van der Waals surface area contributed by atoms with Gasteiger partial charge in [0, 0.05) is 25.7 Å². The molecule has 0 bridgehead atoms. The van der Waals surface area contributed by atoms with E-state index in [-0.39, 0.29) is 79.7 Å². The molecule has 0 atom stereocenters. The van der Waals surface area contributed by atoms with Crippen LogP contribution in [0.25, 0.3) is 0 Å². The minimum absolute atomic E-state index is 0.0599. The minimum Gasteiger partial charge on any atom is -0.507 e. The summed E-state index contributed by atoms with van der Waals surface area (Å²) in [6.07, 6.45) is 29.5. The highest BCUT2D eigenvalue weighted by Crippen LogP contribution is 2.47. The minimum atomic E-state index is -1.32. The second-order valence-corrected chi connectivity index (χ2v) is 29.7. The molecule has 0 radical (unpaired) electrons. The van der Waals surface area contributed by atoms with E-state index in [9.17, 15) is 29.7 Å². The quantitative estimate of drug-likeness (QED) is 0.0232. The number of benzene rings is 3. The number of phenols is 3. The van der Waals surface area contributed by atoms with Crippen LogP contribution < -0.4 is 0 Å². The van der Waals surface area contributed by atoms with Crippen molar-refractivity contribution in [3.63, 3.8) is 0 Å². The normalized spacial score (nSPS) is 15.6. The maximum Gasteiger partial charge on any atom is 0.306 e. The summed E-state index contributed by atoms with van der Waals surface area (Å²) in [5.74, 6) is 0.503. The van der Waals surface area contributed by atoms with Gasteiger partial charge in [-0.3, -0.25) is 14.4 Å². The van der Waals surface area contributed by atoms with E-state index in [1.54, 1.807) is 0 Å². The standard InChI is InChI=1S/C74H112O10S/c1-11-12-13-14-15-16-17-18-19-20-21-22-35-67(85)84-51-74(48-81-64(75)39-36-52-42-58(55-29-23-24-30-55)68(78)61(45-52)71(2,3)4,49-82-65(76)40-37-53-43-59(56-31-25-26-32-56)69(79)62(46-53)72(5,6)7)50-83-66(77)41-38-54-44-60(57-33-27-28-34-57)70(80)63(47-54)73(8,9)10/h42-47,55-57,78-80H,11-41,48-51H2,1-10H3. The van der Waals surface area contributed by atoms with Crippen molar-refractivity contribution < 1.29 is 48.7 Å². The van der Waals surface area contributed by atoms with E-state index < -0.39 is 23.3 Å². The van der Waals surface area contributed by atoms with Gasteiger partial charge in [-0.1, -0.05) is 215 Å². The Bertz CT molecular complexity index is 2360. The molecule has 3 N–H and O–H groups in total. The average molecular weight is 1190 g/mol. The lowest BCUT2D eigenvalue weighted by molar-refractivity contribution is -0.164. The van der Waals surface area contributed by atoms with Crippen molar-refractivity contribution >= 4 is 35.2 Å². The van der Waals surface area contributed by atoms with Crippen LogP contribution in [-0.2, 0) is 68.8 Å². The van der Waals surface area contributed by atoms with E-state index in [0.717, 1.165) is 146 Å². The molecule has 3 aliphatic carbocycles. The summed E-state index contributed by atoms with van der Waals surface area (Å²) in [4.78, 5) is 42.4.